The van der Waals surface area contributed by atoms with E-state index in [-0.39, 0.29) is 0 Å². The molecule has 2 aliphatic rings. The van der Waals surface area contributed by atoms with Gasteiger partial charge in [0.05, 0.1) is 22.6 Å². The van der Waals surface area contributed by atoms with Gasteiger partial charge in [-0.15, -0.1) is 0 Å². The largest absolute Gasteiger partial charge is 0.478 e. The lowest BCUT2D eigenvalue weighted by molar-refractivity contribution is -0.132. The second kappa shape index (κ2) is 8.65. The highest BCUT2D eigenvalue weighted by Gasteiger charge is 2.31. The molecule has 0 aliphatic heterocycles. The van der Waals surface area contributed by atoms with Crippen LogP contribution in [0.25, 0.3) is 16.8 Å². The van der Waals surface area contributed by atoms with E-state index in [1.807, 2.05) is 48.1 Å². The summed E-state index contributed by atoms with van der Waals surface area (Å²) in [5.41, 5.74) is 6.79. The van der Waals surface area contributed by atoms with Crippen LogP contribution in [0.4, 0.5) is 5.82 Å². The van der Waals surface area contributed by atoms with E-state index in [0.717, 1.165) is 46.9 Å². The minimum atomic E-state index is -0.905. The Hall–Kier alpha value is -3.74. The predicted octanol–water partition coefficient (Wildman–Crippen LogP) is 5.08. The van der Waals surface area contributed by atoms with Gasteiger partial charge >= 0.3 is 5.97 Å². The quantitative estimate of drug-likeness (QED) is 0.531. The Bertz CT molecular complexity index is 1270. The van der Waals surface area contributed by atoms with Crippen molar-refractivity contribution in [2.24, 2.45) is 5.92 Å². The van der Waals surface area contributed by atoms with E-state index in [1.165, 1.54) is 18.4 Å². The Morgan fingerprint density at radius 1 is 1.21 bits per heavy atom. The molecule has 3 aromatic heterocycles. The van der Waals surface area contributed by atoms with Gasteiger partial charge in [-0.25, -0.2) is 9.48 Å². The number of aromatic nitrogens is 4. The summed E-state index contributed by atoms with van der Waals surface area (Å²) in [6.45, 7) is 4.02. The van der Waals surface area contributed by atoms with E-state index >= 15 is 0 Å². The van der Waals surface area contributed by atoms with Gasteiger partial charge in [0.15, 0.2) is 0 Å². The highest BCUT2D eigenvalue weighted by Crippen LogP contribution is 2.43. The van der Waals surface area contributed by atoms with Crippen molar-refractivity contribution in [1.82, 2.24) is 19.7 Å². The molecule has 7 heteroatoms. The van der Waals surface area contributed by atoms with E-state index < -0.39 is 5.97 Å². The third kappa shape index (κ3) is 4.06. The number of carboxylic acids is 1. The highest BCUT2D eigenvalue weighted by molar-refractivity contribution is 5.93. The molecule has 7 nitrogen and oxygen atoms in total. The lowest BCUT2D eigenvalue weighted by atomic mass is 9.93. The summed E-state index contributed by atoms with van der Waals surface area (Å²) in [5.74, 6) is 0.396. The van der Waals surface area contributed by atoms with E-state index in [0.29, 0.717) is 23.6 Å². The Morgan fingerprint density at radius 2 is 2.03 bits per heavy atom. The summed E-state index contributed by atoms with van der Waals surface area (Å²) in [4.78, 5) is 20.9. The molecule has 0 spiro atoms. The first-order valence-electron chi connectivity index (χ1n) is 11.4. The third-order valence-corrected chi connectivity index (χ3v) is 6.37. The minimum Gasteiger partial charge on any atom is -0.478 e. The van der Waals surface area contributed by atoms with Crippen molar-refractivity contribution in [2.75, 3.05) is 5.32 Å². The zero-order chi connectivity index (χ0) is 22.9. The fourth-order valence-corrected chi connectivity index (χ4v) is 4.50. The van der Waals surface area contributed by atoms with Crippen LogP contribution in [0.3, 0.4) is 0 Å². The van der Waals surface area contributed by atoms with Crippen LogP contribution in [0, 0.1) is 12.8 Å². The molecule has 0 saturated heterocycles. The highest BCUT2D eigenvalue weighted by atomic mass is 16.4. The van der Waals surface area contributed by atoms with Crippen LogP contribution in [0.5, 0.6) is 0 Å². The molecular weight excluding hydrogens is 414 g/mol. The summed E-state index contributed by atoms with van der Waals surface area (Å²) in [6.07, 6.45) is 11.8. The van der Waals surface area contributed by atoms with E-state index in [1.54, 1.807) is 12.4 Å². The van der Waals surface area contributed by atoms with Crippen LogP contribution in [0.2, 0.25) is 0 Å². The first-order valence-corrected chi connectivity index (χ1v) is 11.4. The van der Waals surface area contributed by atoms with Gasteiger partial charge in [0, 0.05) is 35.4 Å². The second-order valence-electron chi connectivity index (χ2n) is 8.60. The van der Waals surface area contributed by atoms with Crippen molar-refractivity contribution in [3.8, 4) is 16.8 Å². The molecule has 2 N–H and O–H groups in total. The molecule has 1 saturated carbocycles. The zero-order valence-electron chi connectivity index (χ0n) is 18.9. The fraction of sp³-hybridized carbons (Fsp3) is 0.308. The van der Waals surface area contributed by atoms with Gasteiger partial charge in [-0.3, -0.25) is 9.97 Å². The zero-order valence-corrected chi connectivity index (χ0v) is 18.9. The number of rotatable bonds is 7. The summed E-state index contributed by atoms with van der Waals surface area (Å²) in [6, 6.07) is 7.77. The van der Waals surface area contributed by atoms with Gasteiger partial charge in [-0.1, -0.05) is 18.6 Å². The van der Waals surface area contributed by atoms with Crippen LogP contribution in [0.1, 0.15) is 44.0 Å². The van der Waals surface area contributed by atoms with Crippen LogP contribution in [-0.4, -0.2) is 30.8 Å². The Morgan fingerprint density at radius 3 is 2.70 bits per heavy atom. The van der Waals surface area contributed by atoms with Gasteiger partial charge in [0.1, 0.15) is 5.82 Å². The van der Waals surface area contributed by atoms with Gasteiger partial charge in [0.2, 0.25) is 0 Å². The van der Waals surface area contributed by atoms with E-state index in [9.17, 15) is 9.90 Å². The predicted molar refractivity (Wildman–Crippen MR) is 127 cm³/mol. The molecule has 0 unspecified atom stereocenters. The monoisotopic (exact) mass is 441 g/mol. The Balaban J connectivity index is 1.70. The number of aliphatic carboxylic acids is 1. The molecule has 1 fully saturated rings. The number of nitrogens with one attached hydrogen (secondary N) is 1. The molecule has 3 aromatic rings. The summed E-state index contributed by atoms with van der Waals surface area (Å²) in [5, 5.41) is 18.4. The maximum atomic E-state index is 12.2. The van der Waals surface area contributed by atoms with Crippen molar-refractivity contribution in [1.29, 1.82) is 0 Å². The third-order valence-electron chi connectivity index (χ3n) is 6.37. The van der Waals surface area contributed by atoms with Gasteiger partial charge in [0.25, 0.3) is 0 Å². The van der Waals surface area contributed by atoms with Crippen molar-refractivity contribution in [3.05, 3.63) is 77.2 Å². The first kappa shape index (κ1) is 21.1. The molecule has 0 atom stereocenters. The number of hydrogen-bond donors (Lipinski definition) is 2. The fourth-order valence-electron chi connectivity index (χ4n) is 4.50. The molecule has 5 rings (SSSR count). The molecule has 0 radical (unpaired) electrons. The normalized spacial score (nSPS) is 16.0. The number of nitrogens with zero attached hydrogens (tertiary/aromatic N) is 4. The molecule has 33 heavy (non-hydrogen) atoms. The molecule has 168 valence electrons. The molecule has 3 heterocycles. The van der Waals surface area contributed by atoms with Crippen molar-refractivity contribution in [2.45, 2.75) is 46.0 Å². The summed E-state index contributed by atoms with van der Waals surface area (Å²) >= 11 is 0. The number of aryl methyl sites for hydroxylation is 2. The van der Waals surface area contributed by atoms with Crippen LogP contribution in [-0.2, 0) is 11.2 Å². The first-order chi connectivity index (χ1) is 16.1. The number of carboxylic acid groups (broad SMARTS) is 1. The van der Waals surface area contributed by atoms with Crippen molar-refractivity contribution < 1.29 is 9.90 Å². The minimum absolute atomic E-state index is 0.342. The lowest BCUT2D eigenvalue weighted by Crippen LogP contribution is -2.16. The van der Waals surface area contributed by atoms with Gasteiger partial charge in [-0.05, 0) is 69.2 Å². The van der Waals surface area contributed by atoms with Crippen LogP contribution < -0.4 is 5.32 Å². The van der Waals surface area contributed by atoms with E-state index in [2.05, 4.69) is 22.2 Å². The molecule has 2 aliphatic carbocycles. The van der Waals surface area contributed by atoms with Crippen molar-refractivity contribution >= 4 is 11.8 Å². The van der Waals surface area contributed by atoms with Crippen LogP contribution >= 0.6 is 0 Å². The van der Waals surface area contributed by atoms with Gasteiger partial charge < -0.3 is 10.4 Å². The van der Waals surface area contributed by atoms with Gasteiger partial charge in [-0.2, -0.15) is 5.10 Å². The van der Waals surface area contributed by atoms with Crippen LogP contribution in [0.15, 0.2) is 65.8 Å². The topological polar surface area (TPSA) is 92.9 Å². The Kier molecular flexibility index (Phi) is 5.54. The second-order valence-corrected chi connectivity index (χ2v) is 8.60. The van der Waals surface area contributed by atoms with E-state index in [4.69, 9.17) is 5.10 Å². The summed E-state index contributed by atoms with van der Waals surface area (Å²) in [7, 11) is 0. The maximum Gasteiger partial charge on any atom is 0.337 e. The lowest BCUT2D eigenvalue weighted by Gasteiger charge is -2.21. The smallest absolute Gasteiger partial charge is 0.337 e. The van der Waals surface area contributed by atoms with Crippen molar-refractivity contribution in [3.63, 3.8) is 0 Å². The SMILES string of the molecule is CCc1nn(-c2cccnc2C)c(NC2=C(C(=O)O)C=C(C3CC3)CC2)c1-c1cccnc1. The average molecular weight is 442 g/mol. The molecule has 0 amide bonds. The number of allylic oxidation sites excluding steroid dienone is 2. The number of hydrogen-bond acceptors (Lipinski definition) is 5. The molecule has 0 aromatic carbocycles. The number of carbonyl (C=O) groups is 1. The molecular formula is C26H27N5O2. The maximum absolute atomic E-state index is 12.2. The average Bonchev–Trinajstić information content (AvgIpc) is 3.62. The standard InChI is InChI=1S/C26H27N5O2/c1-3-21-24(19-6-4-12-27-15-19)25(31(30-21)23-7-5-13-28-16(23)2)29-22-11-10-18(17-8-9-17)14-20(22)26(32)33/h4-7,12-15,17,29H,3,8-11H2,1-2H3,(H,32,33). The number of anilines is 1. The Labute approximate surface area is 192 Å². The summed E-state index contributed by atoms with van der Waals surface area (Å²) < 4.78 is 1.86. The molecule has 0 bridgehead atoms. The number of pyridine rings is 2.